The van der Waals surface area contributed by atoms with E-state index in [9.17, 15) is 9.59 Å². The summed E-state index contributed by atoms with van der Waals surface area (Å²) in [7, 11) is 1.58. The number of nitrogens with one attached hydrogen (secondary N) is 1. The van der Waals surface area contributed by atoms with Gasteiger partial charge < -0.3 is 14.8 Å². The van der Waals surface area contributed by atoms with Gasteiger partial charge in [-0.15, -0.1) is 0 Å². The highest BCUT2D eigenvalue weighted by Crippen LogP contribution is 2.18. The number of para-hydroxylation sites is 1. The Morgan fingerprint density at radius 1 is 1.04 bits per heavy atom. The zero-order valence-electron chi connectivity index (χ0n) is 14.0. The van der Waals surface area contributed by atoms with Gasteiger partial charge in [0.2, 0.25) is 5.91 Å². The molecule has 0 saturated heterocycles. The molecule has 2 rings (SSSR count). The van der Waals surface area contributed by atoms with Crippen LogP contribution in [0.3, 0.4) is 0 Å². The van der Waals surface area contributed by atoms with Gasteiger partial charge in [-0.2, -0.15) is 0 Å². The molecule has 0 aliphatic heterocycles. The van der Waals surface area contributed by atoms with Gasteiger partial charge in [0.15, 0.2) is 0 Å². The number of hydrogen-bond donors (Lipinski definition) is 1. The summed E-state index contributed by atoms with van der Waals surface area (Å²) in [4.78, 5) is 23.9. The van der Waals surface area contributed by atoms with Gasteiger partial charge >= 0.3 is 5.97 Å². The van der Waals surface area contributed by atoms with Crippen molar-refractivity contribution >= 4 is 17.6 Å². The number of hydrogen-bond acceptors (Lipinski definition) is 4. The number of methoxy groups -OCH3 is 1. The Labute approximate surface area is 141 Å². The van der Waals surface area contributed by atoms with Gasteiger partial charge in [-0.1, -0.05) is 18.2 Å². The normalized spacial score (nSPS) is 10.3. The number of carbonyl (C=O) groups is 2. The van der Waals surface area contributed by atoms with Crippen LogP contribution in [0.15, 0.2) is 48.5 Å². The molecule has 0 radical (unpaired) electrons. The molecule has 24 heavy (non-hydrogen) atoms. The average molecular weight is 327 g/mol. The topological polar surface area (TPSA) is 64.6 Å². The molecule has 2 aromatic carbocycles. The third kappa shape index (κ3) is 4.84. The highest BCUT2D eigenvalue weighted by molar-refractivity contribution is 5.94. The maximum atomic E-state index is 12.2. The van der Waals surface area contributed by atoms with Crippen LogP contribution in [0.4, 0.5) is 5.69 Å². The Morgan fingerprint density at radius 3 is 2.33 bits per heavy atom. The first-order chi connectivity index (χ1) is 11.5. The number of benzene rings is 2. The quantitative estimate of drug-likeness (QED) is 0.826. The number of rotatable bonds is 6. The molecule has 1 N–H and O–H groups in total. The third-order valence-corrected chi connectivity index (χ3v) is 3.29. The van der Waals surface area contributed by atoms with Crippen LogP contribution in [-0.2, 0) is 16.0 Å². The third-order valence-electron chi connectivity index (χ3n) is 3.29. The van der Waals surface area contributed by atoms with Crippen molar-refractivity contribution in [3.05, 3.63) is 59.7 Å². The Morgan fingerprint density at radius 2 is 1.71 bits per heavy atom. The van der Waals surface area contributed by atoms with E-state index < -0.39 is 0 Å². The van der Waals surface area contributed by atoms with E-state index in [1.165, 1.54) is 0 Å². The standard InChI is InChI=1S/C19H21NO4/c1-13(2)24-19(22)14-8-10-16(11-9-14)20-18(21)12-15-6-4-5-7-17(15)23-3/h4-11,13H,12H2,1-3H3,(H,20,21). The summed E-state index contributed by atoms with van der Waals surface area (Å²) in [6.45, 7) is 3.59. The molecule has 5 heteroatoms. The molecule has 0 aliphatic carbocycles. The first kappa shape index (κ1) is 17.5. The monoisotopic (exact) mass is 327 g/mol. The molecule has 5 nitrogen and oxygen atoms in total. The van der Waals surface area contributed by atoms with Crippen LogP contribution in [0.5, 0.6) is 5.75 Å². The fraction of sp³-hybridized carbons (Fsp3) is 0.263. The van der Waals surface area contributed by atoms with Crippen molar-refractivity contribution in [3.8, 4) is 5.75 Å². The minimum absolute atomic E-state index is 0.156. The summed E-state index contributed by atoms with van der Waals surface area (Å²) in [5.74, 6) is 0.147. The fourth-order valence-electron chi connectivity index (χ4n) is 2.20. The number of anilines is 1. The number of amides is 1. The highest BCUT2D eigenvalue weighted by Gasteiger charge is 2.11. The van der Waals surface area contributed by atoms with Crippen molar-refractivity contribution in [1.82, 2.24) is 0 Å². The predicted molar refractivity (Wildman–Crippen MR) is 92.3 cm³/mol. The Kier molecular flexibility index (Phi) is 5.95. The minimum atomic E-state index is -0.378. The Hall–Kier alpha value is -2.82. The van der Waals surface area contributed by atoms with E-state index in [0.29, 0.717) is 17.0 Å². The predicted octanol–water partition coefficient (Wildman–Crippen LogP) is 3.44. The van der Waals surface area contributed by atoms with Crippen LogP contribution in [0.25, 0.3) is 0 Å². The first-order valence-electron chi connectivity index (χ1n) is 7.72. The van der Waals surface area contributed by atoms with Gasteiger partial charge in [0.25, 0.3) is 0 Å². The summed E-state index contributed by atoms with van der Waals surface area (Å²) in [5.41, 5.74) is 1.89. The van der Waals surface area contributed by atoms with Crippen molar-refractivity contribution in [1.29, 1.82) is 0 Å². The first-order valence-corrected chi connectivity index (χ1v) is 7.72. The Bertz CT molecular complexity index is 708. The summed E-state index contributed by atoms with van der Waals surface area (Å²) >= 11 is 0. The summed E-state index contributed by atoms with van der Waals surface area (Å²) in [6.07, 6.45) is 0.0407. The van der Waals surface area contributed by atoms with Crippen LogP contribution >= 0.6 is 0 Å². The molecule has 1 amide bonds. The number of esters is 1. The second-order valence-corrected chi connectivity index (χ2v) is 5.57. The molecular formula is C19H21NO4. The van der Waals surface area contributed by atoms with Crippen molar-refractivity contribution in [3.63, 3.8) is 0 Å². The van der Waals surface area contributed by atoms with E-state index in [-0.39, 0.29) is 24.4 Å². The van der Waals surface area contributed by atoms with Crippen molar-refractivity contribution < 1.29 is 19.1 Å². The molecule has 0 atom stereocenters. The second kappa shape index (κ2) is 8.15. The van der Waals surface area contributed by atoms with E-state index in [1.807, 2.05) is 24.3 Å². The Balaban J connectivity index is 1.98. The number of carbonyl (C=O) groups excluding carboxylic acids is 2. The summed E-state index contributed by atoms with van der Waals surface area (Å²) in [6, 6.07) is 14.0. The molecule has 0 heterocycles. The molecule has 0 unspecified atom stereocenters. The lowest BCUT2D eigenvalue weighted by molar-refractivity contribution is -0.115. The van der Waals surface area contributed by atoms with Gasteiger partial charge in [-0.05, 0) is 44.2 Å². The van der Waals surface area contributed by atoms with Gasteiger partial charge in [0.05, 0.1) is 25.2 Å². The summed E-state index contributed by atoms with van der Waals surface area (Å²) in [5, 5.41) is 2.80. The van der Waals surface area contributed by atoms with Crippen LogP contribution in [0, 0.1) is 0 Å². The van der Waals surface area contributed by atoms with Gasteiger partial charge in [-0.25, -0.2) is 4.79 Å². The number of ether oxygens (including phenoxy) is 2. The lowest BCUT2D eigenvalue weighted by atomic mass is 10.1. The van der Waals surface area contributed by atoms with E-state index >= 15 is 0 Å². The zero-order chi connectivity index (χ0) is 17.5. The fourth-order valence-corrected chi connectivity index (χ4v) is 2.20. The van der Waals surface area contributed by atoms with E-state index in [0.717, 1.165) is 5.56 Å². The van der Waals surface area contributed by atoms with E-state index in [2.05, 4.69) is 5.32 Å². The molecule has 0 fully saturated rings. The van der Waals surface area contributed by atoms with E-state index in [4.69, 9.17) is 9.47 Å². The van der Waals surface area contributed by atoms with Crippen LogP contribution < -0.4 is 10.1 Å². The highest BCUT2D eigenvalue weighted by atomic mass is 16.5. The molecule has 0 aliphatic rings. The zero-order valence-corrected chi connectivity index (χ0v) is 14.0. The SMILES string of the molecule is COc1ccccc1CC(=O)Nc1ccc(C(=O)OC(C)C)cc1. The average Bonchev–Trinajstić information content (AvgIpc) is 2.55. The molecule has 126 valence electrons. The maximum Gasteiger partial charge on any atom is 0.338 e. The van der Waals surface area contributed by atoms with Gasteiger partial charge in [0, 0.05) is 11.3 Å². The lowest BCUT2D eigenvalue weighted by Crippen LogP contribution is -2.15. The molecule has 0 spiro atoms. The van der Waals surface area contributed by atoms with Crippen LogP contribution in [0.2, 0.25) is 0 Å². The van der Waals surface area contributed by atoms with Gasteiger partial charge in [0.1, 0.15) is 5.75 Å². The second-order valence-electron chi connectivity index (χ2n) is 5.57. The molecular weight excluding hydrogens is 306 g/mol. The summed E-state index contributed by atoms with van der Waals surface area (Å²) < 4.78 is 10.4. The van der Waals surface area contributed by atoms with Crippen LogP contribution in [0.1, 0.15) is 29.8 Å². The van der Waals surface area contributed by atoms with Crippen LogP contribution in [-0.4, -0.2) is 25.1 Å². The van der Waals surface area contributed by atoms with E-state index in [1.54, 1.807) is 45.2 Å². The molecule has 0 bridgehead atoms. The van der Waals surface area contributed by atoms with Gasteiger partial charge in [-0.3, -0.25) is 4.79 Å². The van der Waals surface area contributed by atoms with Crippen molar-refractivity contribution in [2.75, 3.05) is 12.4 Å². The lowest BCUT2D eigenvalue weighted by Gasteiger charge is -2.10. The smallest absolute Gasteiger partial charge is 0.338 e. The largest absolute Gasteiger partial charge is 0.496 e. The van der Waals surface area contributed by atoms with Crippen molar-refractivity contribution in [2.45, 2.75) is 26.4 Å². The molecule has 0 saturated carbocycles. The maximum absolute atomic E-state index is 12.2. The minimum Gasteiger partial charge on any atom is -0.496 e. The van der Waals surface area contributed by atoms with Crippen molar-refractivity contribution in [2.24, 2.45) is 0 Å². The molecule has 0 aromatic heterocycles. The molecule has 2 aromatic rings.